The lowest BCUT2D eigenvalue weighted by Gasteiger charge is -2.24. The van der Waals surface area contributed by atoms with Gasteiger partial charge in [0.2, 0.25) is 0 Å². The minimum Gasteiger partial charge on any atom is -0.398 e. The Balaban J connectivity index is 2.57. The van der Waals surface area contributed by atoms with Crippen molar-refractivity contribution in [3.05, 3.63) is 28.8 Å². The summed E-state index contributed by atoms with van der Waals surface area (Å²) in [7, 11) is 1.67. The highest BCUT2D eigenvalue weighted by molar-refractivity contribution is 6.33. The van der Waals surface area contributed by atoms with Crippen LogP contribution in [0.4, 0.5) is 5.69 Å². The fourth-order valence-corrected chi connectivity index (χ4v) is 1.74. The van der Waals surface area contributed by atoms with Gasteiger partial charge in [-0.15, -0.1) is 0 Å². The molecule has 19 heavy (non-hydrogen) atoms. The molecule has 1 aromatic carbocycles. The third kappa shape index (κ3) is 5.09. The summed E-state index contributed by atoms with van der Waals surface area (Å²) in [6.45, 7) is 5.43. The van der Waals surface area contributed by atoms with Crippen LogP contribution in [0, 0.1) is 5.41 Å². The summed E-state index contributed by atoms with van der Waals surface area (Å²) < 4.78 is 5.05. The second-order valence-electron chi connectivity index (χ2n) is 5.33. The van der Waals surface area contributed by atoms with Crippen LogP contribution in [0.1, 0.15) is 30.6 Å². The number of halogens is 1. The molecule has 1 rings (SSSR count). The summed E-state index contributed by atoms with van der Waals surface area (Å²) in [5.74, 6) is -0.146. The molecule has 0 saturated heterocycles. The number of anilines is 1. The minimum absolute atomic E-state index is 0.0106. The van der Waals surface area contributed by atoms with Gasteiger partial charge in [-0.1, -0.05) is 25.4 Å². The first-order valence-electron chi connectivity index (χ1n) is 6.18. The van der Waals surface area contributed by atoms with Gasteiger partial charge in [-0.3, -0.25) is 4.79 Å². The summed E-state index contributed by atoms with van der Waals surface area (Å²) in [6, 6.07) is 4.88. The van der Waals surface area contributed by atoms with Gasteiger partial charge in [0, 0.05) is 25.8 Å². The van der Waals surface area contributed by atoms with E-state index >= 15 is 0 Å². The zero-order valence-electron chi connectivity index (χ0n) is 11.6. The molecule has 3 N–H and O–H groups in total. The Morgan fingerprint density at radius 1 is 1.47 bits per heavy atom. The average molecular weight is 285 g/mol. The van der Waals surface area contributed by atoms with E-state index in [-0.39, 0.29) is 11.3 Å². The number of benzene rings is 1. The van der Waals surface area contributed by atoms with Crippen molar-refractivity contribution >= 4 is 23.2 Å². The number of amides is 1. The van der Waals surface area contributed by atoms with E-state index in [2.05, 4.69) is 19.2 Å². The minimum atomic E-state index is -0.146. The van der Waals surface area contributed by atoms with Gasteiger partial charge in [0.05, 0.1) is 10.7 Å². The molecular weight excluding hydrogens is 264 g/mol. The molecule has 0 heterocycles. The maximum Gasteiger partial charge on any atom is 0.251 e. The molecule has 1 amide bonds. The summed E-state index contributed by atoms with van der Waals surface area (Å²) in [6.07, 6.45) is 0.881. The molecule has 0 atom stereocenters. The Labute approximate surface area is 119 Å². The normalized spacial score (nSPS) is 11.4. The number of rotatable bonds is 6. The number of nitrogens with two attached hydrogens (primary N) is 1. The van der Waals surface area contributed by atoms with Crippen molar-refractivity contribution in [1.82, 2.24) is 5.32 Å². The Kier molecular flexibility index (Phi) is 5.63. The maximum absolute atomic E-state index is 12.0. The lowest BCUT2D eigenvalue weighted by molar-refractivity contribution is 0.0921. The first-order valence-corrected chi connectivity index (χ1v) is 6.56. The molecule has 0 aromatic heterocycles. The van der Waals surface area contributed by atoms with Crippen LogP contribution in [0.5, 0.6) is 0 Å². The van der Waals surface area contributed by atoms with Crippen LogP contribution >= 0.6 is 11.6 Å². The molecule has 0 fully saturated rings. The fourth-order valence-electron chi connectivity index (χ4n) is 1.56. The molecule has 0 bridgehead atoms. The summed E-state index contributed by atoms with van der Waals surface area (Å²) in [5, 5.41) is 3.30. The molecule has 0 saturated carbocycles. The third-order valence-electron chi connectivity index (χ3n) is 2.97. The summed E-state index contributed by atoms with van der Waals surface area (Å²) in [4.78, 5) is 12.0. The predicted molar refractivity (Wildman–Crippen MR) is 78.5 cm³/mol. The van der Waals surface area contributed by atoms with E-state index in [1.165, 1.54) is 0 Å². The van der Waals surface area contributed by atoms with Crippen LogP contribution in [0.2, 0.25) is 5.02 Å². The van der Waals surface area contributed by atoms with Crippen LogP contribution in [0.25, 0.3) is 0 Å². The molecular formula is C14H21ClN2O2. The molecule has 0 aliphatic rings. The van der Waals surface area contributed by atoms with Crippen molar-refractivity contribution in [3.8, 4) is 0 Å². The fraction of sp³-hybridized carbons (Fsp3) is 0.500. The van der Waals surface area contributed by atoms with Gasteiger partial charge in [0.25, 0.3) is 5.91 Å². The predicted octanol–water partition coefficient (Wildman–Crippen LogP) is 2.71. The van der Waals surface area contributed by atoms with Crippen LogP contribution in [0.3, 0.4) is 0 Å². The van der Waals surface area contributed by atoms with Crippen molar-refractivity contribution in [1.29, 1.82) is 0 Å². The number of ether oxygens (including phenoxy) is 1. The number of hydrogen-bond acceptors (Lipinski definition) is 3. The van der Waals surface area contributed by atoms with E-state index < -0.39 is 0 Å². The second-order valence-corrected chi connectivity index (χ2v) is 5.73. The van der Waals surface area contributed by atoms with Gasteiger partial charge in [0.1, 0.15) is 0 Å². The lowest BCUT2D eigenvalue weighted by Crippen LogP contribution is -2.34. The van der Waals surface area contributed by atoms with Gasteiger partial charge in [0.15, 0.2) is 0 Å². The van der Waals surface area contributed by atoms with E-state index in [9.17, 15) is 4.79 Å². The van der Waals surface area contributed by atoms with Crippen LogP contribution in [-0.4, -0.2) is 26.2 Å². The van der Waals surface area contributed by atoms with Crippen molar-refractivity contribution in [2.24, 2.45) is 5.41 Å². The molecule has 0 aliphatic carbocycles. The molecule has 0 radical (unpaired) electrons. The van der Waals surface area contributed by atoms with Crippen LogP contribution in [0.15, 0.2) is 18.2 Å². The first-order chi connectivity index (χ1) is 8.85. The number of nitrogen functional groups attached to an aromatic ring is 1. The molecule has 0 aliphatic heterocycles. The summed E-state index contributed by atoms with van der Waals surface area (Å²) in [5.41, 5.74) is 6.59. The Morgan fingerprint density at radius 2 is 2.16 bits per heavy atom. The second kappa shape index (κ2) is 6.78. The molecule has 0 spiro atoms. The highest BCUT2D eigenvalue weighted by Crippen LogP contribution is 2.21. The van der Waals surface area contributed by atoms with E-state index in [0.717, 1.165) is 6.42 Å². The molecule has 4 nitrogen and oxygen atoms in total. The Bertz CT molecular complexity index is 447. The molecule has 0 unspecified atom stereocenters. The Morgan fingerprint density at radius 3 is 2.74 bits per heavy atom. The van der Waals surface area contributed by atoms with Gasteiger partial charge >= 0.3 is 0 Å². The van der Waals surface area contributed by atoms with E-state index in [4.69, 9.17) is 22.1 Å². The molecule has 1 aromatic rings. The monoisotopic (exact) mass is 284 g/mol. The number of carbonyl (C=O) groups excluding carboxylic acids is 1. The third-order valence-corrected chi connectivity index (χ3v) is 3.30. The van der Waals surface area contributed by atoms with Crippen LogP contribution in [-0.2, 0) is 4.74 Å². The van der Waals surface area contributed by atoms with Crippen molar-refractivity contribution in [2.75, 3.05) is 26.0 Å². The highest BCUT2D eigenvalue weighted by Gasteiger charge is 2.19. The lowest BCUT2D eigenvalue weighted by atomic mass is 9.89. The molecule has 106 valence electrons. The van der Waals surface area contributed by atoms with Crippen molar-refractivity contribution in [3.63, 3.8) is 0 Å². The summed E-state index contributed by atoms with van der Waals surface area (Å²) >= 11 is 5.89. The zero-order chi connectivity index (χ0) is 14.5. The highest BCUT2D eigenvalue weighted by atomic mass is 35.5. The van der Waals surface area contributed by atoms with E-state index in [1.54, 1.807) is 25.3 Å². The molecule has 5 heteroatoms. The smallest absolute Gasteiger partial charge is 0.251 e. The van der Waals surface area contributed by atoms with Gasteiger partial charge in [-0.2, -0.15) is 0 Å². The topological polar surface area (TPSA) is 64.3 Å². The van der Waals surface area contributed by atoms with Gasteiger partial charge in [-0.25, -0.2) is 0 Å². The first kappa shape index (κ1) is 15.8. The Hall–Kier alpha value is -1.26. The number of hydrogen-bond donors (Lipinski definition) is 2. The standard InChI is InChI=1S/C14H21ClN2O2/c1-14(2,6-7-19-3)9-17-13(18)10-4-5-12(16)11(15)8-10/h4-5,8H,6-7,9,16H2,1-3H3,(H,17,18). The maximum atomic E-state index is 12.0. The largest absolute Gasteiger partial charge is 0.398 e. The zero-order valence-corrected chi connectivity index (χ0v) is 12.4. The van der Waals surface area contributed by atoms with Crippen LogP contribution < -0.4 is 11.1 Å². The van der Waals surface area contributed by atoms with E-state index in [1.807, 2.05) is 0 Å². The number of nitrogens with one attached hydrogen (secondary N) is 1. The SMILES string of the molecule is COCCC(C)(C)CNC(=O)c1ccc(N)c(Cl)c1. The van der Waals surface area contributed by atoms with Crippen molar-refractivity contribution in [2.45, 2.75) is 20.3 Å². The quantitative estimate of drug-likeness (QED) is 0.790. The van der Waals surface area contributed by atoms with E-state index in [0.29, 0.717) is 29.4 Å². The number of carbonyl (C=O) groups is 1. The number of methoxy groups -OCH3 is 1. The van der Waals surface area contributed by atoms with Gasteiger partial charge in [-0.05, 0) is 30.0 Å². The van der Waals surface area contributed by atoms with Crippen molar-refractivity contribution < 1.29 is 9.53 Å². The average Bonchev–Trinajstić information content (AvgIpc) is 2.37. The van der Waals surface area contributed by atoms with Gasteiger partial charge < -0.3 is 15.8 Å².